The Morgan fingerprint density at radius 2 is 1.86 bits per heavy atom. The van der Waals surface area contributed by atoms with E-state index in [1.807, 2.05) is 0 Å². The maximum Gasteiger partial charge on any atom is 0.573 e. The maximum absolute atomic E-state index is 13.0. The summed E-state index contributed by atoms with van der Waals surface area (Å²) in [6.07, 6.45) is 4.05. The molecular weight excluding hydrogens is 485 g/mol. The van der Waals surface area contributed by atoms with E-state index in [2.05, 4.69) is 20.0 Å². The first-order valence-electron chi connectivity index (χ1n) is 13.1. The van der Waals surface area contributed by atoms with Gasteiger partial charge in [-0.15, -0.1) is 13.2 Å². The number of carbonyl (C=O) groups is 1. The van der Waals surface area contributed by atoms with Crippen LogP contribution in [0.3, 0.4) is 0 Å². The van der Waals surface area contributed by atoms with Gasteiger partial charge in [0.25, 0.3) is 5.91 Å². The van der Waals surface area contributed by atoms with E-state index in [1.165, 1.54) is 43.8 Å². The van der Waals surface area contributed by atoms with Crippen LogP contribution in [0.1, 0.15) is 60.1 Å². The highest BCUT2D eigenvalue weighted by molar-refractivity contribution is 5.94. The van der Waals surface area contributed by atoms with E-state index in [4.69, 9.17) is 0 Å². The predicted molar refractivity (Wildman–Crippen MR) is 129 cm³/mol. The molecule has 0 radical (unpaired) electrons. The smallest absolute Gasteiger partial charge is 0.406 e. The molecule has 4 saturated carbocycles. The van der Waals surface area contributed by atoms with E-state index in [0.29, 0.717) is 31.0 Å². The SMILES string of the molecule is O=C(c1cccc(OC(F)(F)F)c1)N1CCc2c(ncnc2NCC(O)C23CC4CC(CC(C4)C2)C3)C1. The van der Waals surface area contributed by atoms with E-state index in [9.17, 15) is 23.1 Å². The number of rotatable bonds is 6. The van der Waals surface area contributed by atoms with Gasteiger partial charge in [-0.25, -0.2) is 9.97 Å². The lowest BCUT2D eigenvalue weighted by atomic mass is 9.48. The second-order valence-corrected chi connectivity index (χ2v) is 11.4. The first-order chi connectivity index (χ1) is 17.7. The molecule has 1 aromatic carbocycles. The molecule has 5 aliphatic rings. The number of aliphatic hydroxyl groups is 1. The molecule has 10 heteroatoms. The number of alkyl halides is 3. The van der Waals surface area contributed by atoms with Crippen LogP contribution in [0, 0.1) is 23.2 Å². The van der Waals surface area contributed by atoms with Gasteiger partial charge < -0.3 is 20.1 Å². The van der Waals surface area contributed by atoms with Gasteiger partial charge in [0.05, 0.1) is 18.3 Å². The molecular formula is C27H31F3N4O3. The maximum atomic E-state index is 13.0. The summed E-state index contributed by atoms with van der Waals surface area (Å²) >= 11 is 0. The molecule has 0 spiro atoms. The normalized spacial score (nSPS) is 29.1. The summed E-state index contributed by atoms with van der Waals surface area (Å²) in [5.41, 5.74) is 1.75. The van der Waals surface area contributed by atoms with Gasteiger partial charge >= 0.3 is 6.36 Å². The van der Waals surface area contributed by atoms with Crippen LogP contribution in [0.15, 0.2) is 30.6 Å². The molecule has 1 unspecified atom stereocenters. The Morgan fingerprint density at radius 1 is 1.16 bits per heavy atom. The molecule has 4 fully saturated rings. The molecule has 1 atom stereocenters. The average Bonchev–Trinajstić information content (AvgIpc) is 2.84. The van der Waals surface area contributed by atoms with E-state index in [1.54, 1.807) is 4.90 Å². The summed E-state index contributed by atoms with van der Waals surface area (Å²) in [7, 11) is 0. The molecule has 0 saturated heterocycles. The first kappa shape index (κ1) is 24.5. The van der Waals surface area contributed by atoms with Gasteiger partial charge in [0.1, 0.15) is 17.9 Å². The number of hydrogen-bond donors (Lipinski definition) is 2. The lowest BCUT2D eigenvalue weighted by Gasteiger charge is -2.58. The molecule has 1 aliphatic heterocycles. The van der Waals surface area contributed by atoms with Crippen molar-refractivity contribution in [1.82, 2.24) is 14.9 Å². The van der Waals surface area contributed by atoms with Crippen LogP contribution in [0.2, 0.25) is 0 Å². The van der Waals surface area contributed by atoms with Crippen molar-refractivity contribution in [1.29, 1.82) is 0 Å². The zero-order valence-electron chi connectivity index (χ0n) is 20.5. The van der Waals surface area contributed by atoms with Gasteiger partial charge in [0.15, 0.2) is 0 Å². The van der Waals surface area contributed by atoms with Crippen molar-refractivity contribution < 1.29 is 27.8 Å². The summed E-state index contributed by atoms with van der Waals surface area (Å²) in [6.45, 7) is 1.05. The molecule has 37 heavy (non-hydrogen) atoms. The van der Waals surface area contributed by atoms with Gasteiger partial charge in [-0.2, -0.15) is 0 Å². The fourth-order valence-electron chi connectivity index (χ4n) is 7.68. The summed E-state index contributed by atoms with van der Waals surface area (Å²) in [6, 6.07) is 5.11. The third-order valence-corrected chi connectivity index (χ3v) is 8.86. The molecule has 7 rings (SSSR count). The summed E-state index contributed by atoms with van der Waals surface area (Å²) < 4.78 is 41.7. The minimum Gasteiger partial charge on any atom is -0.406 e. The van der Waals surface area contributed by atoms with Crippen LogP contribution < -0.4 is 10.1 Å². The highest BCUT2D eigenvalue weighted by atomic mass is 19.4. The molecule has 2 heterocycles. The molecule has 2 N–H and O–H groups in total. The standard InChI is InChI=1S/C27H31F3N4O3/c28-27(29,30)37-20-3-1-2-19(9-20)25(36)34-5-4-21-22(14-34)32-15-33-24(21)31-13-23(35)26-10-16-6-17(11-26)8-18(7-16)12-26/h1-3,9,15-18,23,35H,4-8,10-14H2,(H,31,32,33). The van der Waals surface area contributed by atoms with Crippen molar-refractivity contribution in [3.05, 3.63) is 47.4 Å². The highest BCUT2D eigenvalue weighted by Crippen LogP contribution is 2.61. The van der Waals surface area contributed by atoms with Crippen molar-refractivity contribution in [2.24, 2.45) is 23.2 Å². The number of aromatic nitrogens is 2. The Morgan fingerprint density at radius 3 is 2.54 bits per heavy atom. The van der Waals surface area contributed by atoms with Crippen LogP contribution in [-0.4, -0.2) is 51.4 Å². The number of aliphatic hydroxyl groups excluding tert-OH is 1. The monoisotopic (exact) mass is 516 g/mol. The molecule has 4 bridgehead atoms. The number of fused-ring (bicyclic) bond motifs is 1. The summed E-state index contributed by atoms with van der Waals surface area (Å²) in [5.74, 6) is 2.15. The molecule has 4 aliphatic carbocycles. The van der Waals surface area contributed by atoms with E-state index < -0.39 is 18.2 Å². The van der Waals surface area contributed by atoms with Crippen LogP contribution in [0.25, 0.3) is 0 Å². The number of ether oxygens (including phenoxy) is 1. The number of nitrogens with zero attached hydrogens (tertiary/aromatic N) is 3. The minimum atomic E-state index is -4.82. The third kappa shape index (κ3) is 4.87. The molecule has 2 aromatic rings. The van der Waals surface area contributed by atoms with E-state index in [0.717, 1.165) is 48.6 Å². The Labute approximate surface area is 213 Å². The Hall–Kier alpha value is -2.88. The minimum absolute atomic E-state index is 0.0163. The van der Waals surface area contributed by atoms with Crippen LogP contribution in [0.5, 0.6) is 5.75 Å². The molecule has 198 valence electrons. The van der Waals surface area contributed by atoms with Gasteiger partial charge in [0, 0.05) is 24.2 Å². The quantitative estimate of drug-likeness (QED) is 0.585. The Balaban J connectivity index is 1.12. The Kier molecular flexibility index (Phi) is 6.05. The zero-order valence-corrected chi connectivity index (χ0v) is 20.5. The van der Waals surface area contributed by atoms with Gasteiger partial charge in [-0.1, -0.05) is 6.07 Å². The molecule has 1 amide bonds. The number of carbonyl (C=O) groups excluding carboxylic acids is 1. The second-order valence-electron chi connectivity index (χ2n) is 11.4. The number of amides is 1. The number of hydrogen-bond acceptors (Lipinski definition) is 6. The van der Waals surface area contributed by atoms with E-state index in [-0.39, 0.29) is 23.4 Å². The van der Waals surface area contributed by atoms with Crippen LogP contribution >= 0.6 is 0 Å². The fraction of sp³-hybridized carbons (Fsp3) is 0.593. The lowest BCUT2D eigenvalue weighted by molar-refractivity contribution is -0.274. The van der Waals surface area contributed by atoms with Gasteiger partial charge in [0.2, 0.25) is 0 Å². The van der Waals surface area contributed by atoms with Crippen molar-refractivity contribution in [3.63, 3.8) is 0 Å². The zero-order chi connectivity index (χ0) is 25.8. The average molecular weight is 517 g/mol. The van der Waals surface area contributed by atoms with Crippen LogP contribution in [0.4, 0.5) is 19.0 Å². The topological polar surface area (TPSA) is 87.6 Å². The number of halogens is 3. The number of anilines is 1. The summed E-state index contributed by atoms with van der Waals surface area (Å²) in [5, 5.41) is 14.6. The largest absolute Gasteiger partial charge is 0.573 e. The second kappa shape index (κ2) is 9.15. The fourth-order valence-corrected chi connectivity index (χ4v) is 7.68. The van der Waals surface area contributed by atoms with E-state index >= 15 is 0 Å². The van der Waals surface area contributed by atoms with Crippen molar-refractivity contribution in [3.8, 4) is 5.75 Å². The predicted octanol–water partition coefficient (Wildman–Crippen LogP) is 4.56. The van der Waals surface area contributed by atoms with Crippen molar-refractivity contribution >= 4 is 11.7 Å². The van der Waals surface area contributed by atoms with Gasteiger partial charge in [-0.3, -0.25) is 4.79 Å². The molecule has 7 nitrogen and oxygen atoms in total. The van der Waals surface area contributed by atoms with Crippen molar-refractivity contribution in [2.75, 3.05) is 18.4 Å². The third-order valence-electron chi connectivity index (χ3n) is 8.86. The lowest BCUT2D eigenvalue weighted by Crippen LogP contribution is -2.53. The Bertz CT molecular complexity index is 1150. The highest BCUT2D eigenvalue weighted by Gasteiger charge is 2.53. The van der Waals surface area contributed by atoms with Crippen LogP contribution in [-0.2, 0) is 13.0 Å². The van der Waals surface area contributed by atoms with Crippen molar-refractivity contribution in [2.45, 2.75) is 64.0 Å². The number of nitrogens with one attached hydrogen (secondary N) is 1. The van der Waals surface area contributed by atoms with Gasteiger partial charge in [-0.05, 0) is 86.3 Å². The number of benzene rings is 1. The first-order valence-corrected chi connectivity index (χ1v) is 13.1. The summed E-state index contributed by atoms with van der Waals surface area (Å²) in [4.78, 5) is 23.4. The molecule has 1 aromatic heterocycles.